The molecular formula is C11H18BrClN2O2. The molecule has 0 radical (unpaired) electrons. The van der Waals surface area contributed by atoms with E-state index in [0.29, 0.717) is 18.0 Å². The highest BCUT2D eigenvalue weighted by Gasteiger charge is 2.13. The van der Waals surface area contributed by atoms with Crippen molar-refractivity contribution in [1.82, 2.24) is 0 Å². The maximum Gasteiger partial charge on any atom is 0.137 e. The lowest BCUT2D eigenvalue weighted by atomic mass is 10.0. The highest BCUT2D eigenvalue weighted by Crippen LogP contribution is 2.37. The predicted octanol–water partition coefficient (Wildman–Crippen LogP) is 2.24. The largest absolute Gasteiger partial charge is 0.495 e. The smallest absolute Gasteiger partial charge is 0.137 e. The normalized spacial score (nSPS) is 11.6. The van der Waals surface area contributed by atoms with Crippen molar-refractivity contribution in [2.75, 3.05) is 20.8 Å². The second kappa shape index (κ2) is 7.76. The van der Waals surface area contributed by atoms with Gasteiger partial charge in [-0.3, -0.25) is 0 Å². The van der Waals surface area contributed by atoms with Gasteiger partial charge in [-0.1, -0.05) is 0 Å². The SMILES string of the molecule is COc1cc([C@@H](N)CCN)cc(OC)c1Br.Cl. The molecule has 0 unspecified atom stereocenters. The number of benzene rings is 1. The first-order chi connectivity index (χ1) is 7.63. The standard InChI is InChI=1S/C11H17BrN2O2.ClH/c1-15-9-5-7(8(14)3-4-13)6-10(16-2)11(9)12;/h5-6,8H,3-4,13-14H2,1-2H3;1H/t8-;/m0./s1. The molecule has 0 aromatic heterocycles. The molecule has 1 aromatic carbocycles. The van der Waals surface area contributed by atoms with Gasteiger partial charge in [-0.15, -0.1) is 12.4 Å². The molecule has 4 nitrogen and oxygen atoms in total. The molecule has 4 N–H and O–H groups in total. The Kier molecular flexibility index (Phi) is 7.54. The molecule has 0 aliphatic carbocycles. The zero-order valence-corrected chi connectivity index (χ0v) is 12.3. The highest BCUT2D eigenvalue weighted by atomic mass is 79.9. The Hall–Kier alpha value is -0.490. The van der Waals surface area contributed by atoms with E-state index in [1.165, 1.54) is 0 Å². The van der Waals surface area contributed by atoms with Crippen LogP contribution in [-0.2, 0) is 0 Å². The van der Waals surface area contributed by atoms with Crippen LogP contribution in [-0.4, -0.2) is 20.8 Å². The lowest BCUT2D eigenvalue weighted by Gasteiger charge is -2.15. The van der Waals surface area contributed by atoms with E-state index in [2.05, 4.69) is 15.9 Å². The summed E-state index contributed by atoms with van der Waals surface area (Å²) in [6.45, 7) is 0.557. The number of halogens is 2. The zero-order valence-electron chi connectivity index (χ0n) is 9.90. The van der Waals surface area contributed by atoms with Crippen molar-refractivity contribution in [2.24, 2.45) is 11.5 Å². The molecule has 0 bridgehead atoms. The van der Waals surface area contributed by atoms with Crippen LogP contribution in [0.15, 0.2) is 16.6 Å². The van der Waals surface area contributed by atoms with Crippen molar-refractivity contribution in [3.05, 3.63) is 22.2 Å². The summed E-state index contributed by atoms with van der Waals surface area (Å²) < 4.78 is 11.3. The van der Waals surface area contributed by atoms with E-state index in [1.54, 1.807) is 14.2 Å². The van der Waals surface area contributed by atoms with Gasteiger partial charge in [-0.2, -0.15) is 0 Å². The van der Waals surface area contributed by atoms with E-state index in [1.807, 2.05) is 12.1 Å². The molecule has 1 rings (SSSR count). The van der Waals surface area contributed by atoms with Crippen molar-refractivity contribution < 1.29 is 9.47 Å². The van der Waals surface area contributed by atoms with Crippen LogP contribution in [0.4, 0.5) is 0 Å². The number of rotatable bonds is 5. The number of nitrogens with two attached hydrogens (primary N) is 2. The molecule has 0 amide bonds. The lowest BCUT2D eigenvalue weighted by Crippen LogP contribution is -2.15. The first-order valence-corrected chi connectivity index (χ1v) is 5.80. The van der Waals surface area contributed by atoms with E-state index in [-0.39, 0.29) is 18.4 Å². The fourth-order valence-corrected chi connectivity index (χ4v) is 2.00. The third-order valence-electron chi connectivity index (χ3n) is 2.37. The number of methoxy groups -OCH3 is 2. The van der Waals surface area contributed by atoms with Gasteiger partial charge in [0.15, 0.2) is 0 Å². The minimum atomic E-state index is -0.0964. The fraction of sp³-hybridized carbons (Fsp3) is 0.455. The van der Waals surface area contributed by atoms with Crippen LogP contribution in [0.1, 0.15) is 18.0 Å². The van der Waals surface area contributed by atoms with Gasteiger partial charge in [0, 0.05) is 6.04 Å². The Morgan fingerprint density at radius 1 is 1.24 bits per heavy atom. The summed E-state index contributed by atoms with van der Waals surface area (Å²) in [5.74, 6) is 1.42. The van der Waals surface area contributed by atoms with Crippen LogP contribution in [0.25, 0.3) is 0 Å². The van der Waals surface area contributed by atoms with Gasteiger partial charge in [0.05, 0.1) is 14.2 Å². The molecule has 6 heteroatoms. The monoisotopic (exact) mass is 324 g/mol. The molecule has 17 heavy (non-hydrogen) atoms. The Morgan fingerprint density at radius 3 is 2.06 bits per heavy atom. The minimum absolute atomic E-state index is 0. The Labute approximate surface area is 116 Å². The maximum absolute atomic E-state index is 6.00. The van der Waals surface area contributed by atoms with Gasteiger partial charge < -0.3 is 20.9 Å². The molecule has 0 heterocycles. The molecule has 1 aromatic rings. The van der Waals surface area contributed by atoms with Crippen LogP contribution in [0.5, 0.6) is 11.5 Å². The second-order valence-electron chi connectivity index (χ2n) is 3.42. The van der Waals surface area contributed by atoms with E-state index < -0.39 is 0 Å². The number of hydrogen-bond donors (Lipinski definition) is 2. The molecule has 1 atom stereocenters. The van der Waals surface area contributed by atoms with Gasteiger partial charge in [0.25, 0.3) is 0 Å². The molecule has 98 valence electrons. The van der Waals surface area contributed by atoms with E-state index in [4.69, 9.17) is 20.9 Å². The van der Waals surface area contributed by atoms with Gasteiger partial charge >= 0.3 is 0 Å². The molecule has 0 aliphatic heterocycles. The topological polar surface area (TPSA) is 70.5 Å². The van der Waals surface area contributed by atoms with Crippen LogP contribution >= 0.6 is 28.3 Å². The first kappa shape index (κ1) is 16.5. The summed E-state index contributed by atoms with van der Waals surface area (Å²) in [6, 6.07) is 3.70. The molecule has 0 saturated heterocycles. The Morgan fingerprint density at radius 2 is 1.71 bits per heavy atom. The average Bonchev–Trinajstić information content (AvgIpc) is 2.29. The predicted molar refractivity (Wildman–Crippen MR) is 75.1 cm³/mol. The summed E-state index contributed by atoms with van der Waals surface area (Å²) in [7, 11) is 3.22. The summed E-state index contributed by atoms with van der Waals surface area (Å²) in [5.41, 5.74) is 12.4. The Balaban J connectivity index is 0.00000256. The van der Waals surface area contributed by atoms with Crippen LogP contribution in [0.2, 0.25) is 0 Å². The van der Waals surface area contributed by atoms with Crippen molar-refractivity contribution >= 4 is 28.3 Å². The highest BCUT2D eigenvalue weighted by molar-refractivity contribution is 9.10. The summed E-state index contributed by atoms with van der Waals surface area (Å²) in [4.78, 5) is 0. The third-order valence-corrected chi connectivity index (χ3v) is 3.16. The molecule has 0 spiro atoms. The van der Waals surface area contributed by atoms with Gasteiger partial charge in [0.1, 0.15) is 16.0 Å². The van der Waals surface area contributed by atoms with Crippen LogP contribution in [0, 0.1) is 0 Å². The van der Waals surface area contributed by atoms with Crippen LogP contribution in [0.3, 0.4) is 0 Å². The first-order valence-electron chi connectivity index (χ1n) is 5.01. The summed E-state index contributed by atoms with van der Waals surface area (Å²) in [5, 5.41) is 0. The second-order valence-corrected chi connectivity index (χ2v) is 4.22. The van der Waals surface area contributed by atoms with Crippen molar-refractivity contribution in [3.8, 4) is 11.5 Å². The lowest BCUT2D eigenvalue weighted by molar-refractivity contribution is 0.387. The van der Waals surface area contributed by atoms with Crippen molar-refractivity contribution in [2.45, 2.75) is 12.5 Å². The molecule has 0 aliphatic rings. The summed E-state index contributed by atoms with van der Waals surface area (Å²) >= 11 is 3.41. The fourth-order valence-electron chi connectivity index (χ4n) is 1.45. The molecule has 0 fully saturated rings. The Bertz CT molecular complexity index is 338. The van der Waals surface area contributed by atoms with E-state index >= 15 is 0 Å². The quantitative estimate of drug-likeness (QED) is 0.871. The average molecular weight is 326 g/mol. The maximum atomic E-state index is 6.00. The zero-order chi connectivity index (χ0) is 12.1. The van der Waals surface area contributed by atoms with E-state index in [9.17, 15) is 0 Å². The van der Waals surface area contributed by atoms with Gasteiger partial charge in [0.2, 0.25) is 0 Å². The van der Waals surface area contributed by atoms with Gasteiger partial charge in [-0.25, -0.2) is 0 Å². The third kappa shape index (κ3) is 4.03. The minimum Gasteiger partial charge on any atom is -0.495 e. The molecular weight excluding hydrogens is 307 g/mol. The van der Waals surface area contributed by atoms with Crippen molar-refractivity contribution in [1.29, 1.82) is 0 Å². The number of hydrogen-bond acceptors (Lipinski definition) is 4. The van der Waals surface area contributed by atoms with Crippen LogP contribution < -0.4 is 20.9 Å². The number of ether oxygens (including phenoxy) is 2. The van der Waals surface area contributed by atoms with E-state index in [0.717, 1.165) is 16.5 Å². The van der Waals surface area contributed by atoms with Crippen molar-refractivity contribution in [3.63, 3.8) is 0 Å². The molecule has 0 saturated carbocycles. The van der Waals surface area contributed by atoms with Gasteiger partial charge in [-0.05, 0) is 46.6 Å². The summed E-state index contributed by atoms with van der Waals surface area (Å²) in [6.07, 6.45) is 0.730.